The van der Waals surface area contributed by atoms with Gasteiger partial charge in [-0.15, -0.1) is 0 Å². The van der Waals surface area contributed by atoms with E-state index < -0.39 is 10.1 Å². The van der Waals surface area contributed by atoms with Crippen LogP contribution < -0.4 is 0 Å². The highest BCUT2D eigenvalue weighted by Crippen LogP contribution is 2.24. The van der Waals surface area contributed by atoms with E-state index in [9.17, 15) is 22.9 Å². The molecule has 1 N–H and O–H groups in total. The molecule has 0 radical (unpaired) electrons. The van der Waals surface area contributed by atoms with E-state index in [1.165, 1.54) is 30.3 Å². The minimum Gasteiger partial charge on any atom is -0.744 e. The maximum atomic E-state index is 10.8. The van der Waals surface area contributed by atoms with Gasteiger partial charge in [0.1, 0.15) is 15.9 Å². The minimum absolute atomic E-state index is 0.0826. The maximum Gasteiger partial charge on any atom is 0.153 e. The normalized spacial score (nSPS) is 11.7. The fourth-order valence-corrected chi connectivity index (χ4v) is 1.96. The molecule has 0 amide bonds. The number of aldehydes is 1. The van der Waals surface area contributed by atoms with E-state index in [1.807, 2.05) is 0 Å². The van der Waals surface area contributed by atoms with Crippen LogP contribution in [0.15, 0.2) is 57.6 Å². The van der Waals surface area contributed by atoms with E-state index in [0.717, 1.165) is 12.1 Å². The van der Waals surface area contributed by atoms with Crippen LogP contribution in [0, 0.1) is 0 Å². The number of azo groups is 1. The molecule has 0 spiro atoms. The maximum absolute atomic E-state index is 10.8. The lowest BCUT2D eigenvalue weighted by atomic mass is 10.2. The molecule has 108 valence electrons. The van der Waals surface area contributed by atoms with Gasteiger partial charge in [0.05, 0.1) is 21.8 Å². The second-order valence-electron chi connectivity index (χ2n) is 4.01. The van der Waals surface area contributed by atoms with Crippen molar-refractivity contribution in [3.8, 4) is 5.75 Å². The SMILES string of the molecule is O=Cc1cc(N=Nc2ccc(S(=O)(=O)[O-])cc2)ccc1O. The molecule has 0 aromatic heterocycles. The molecule has 8 heteroatoms. The molecule has 0 saturated heterocycles. The first kappa shape index (κ1) is 14.8. The van der Waals surface area contributed by atoms with Gasteiger partial charge in [-0.2, -0.15) is 10.2 Å². The molecule has 2 aromatic rings. The molecule has 21 heavy (non-hydrogen) atoms. The summed E-state index contributed by atoms with van der Waals surface area (Å²) in [6.07, 6.45) is 0.488. The van der Waals surface area contributed by atoms with Crippen molar-refractivity contribution in [1.82, 2.24) is 0 Å². The van der Waals surface area contributed by atoms with Gasteiger partial charge < -0.3 is 9.66 Å². The van der Waals surface area contributed by atoms with E-state index in [4.69, 9.17) is 0 Å². The number of hydrogen-bond acceptors (Lipinski definition) is 7. The third-order valence-electron chi connectivity index (χ3n) is 2.54. The summed E-state index contributed by atoms with van der Waals surface area (Å²) in [5.41, 5.74) is 0.762. The summed E-state index contributed by atoms with van der Waals surface area (Å²) >= 11 is 0. The quantitative estimate of drug-likeness (QED) is 0.528. The Labute approximate surface area is 120 Å². The summed E-state index contributed by atoms with van der Waals surface area (Å²) in [6.45, 7) is 0. The van der Waals surface area contributed by atoms with Crippen molar-refractivity contribution in [2.45, 2.75) is 4.90 Å². The Morgan fingerprint density at radius 1 is 1.00 bits per heavy atom. The van der Waals surface area contributed by atoms with Crippen LogP contribution >= 0.6 is 0 Å². The van der Waals surface area contributed by atoms with Gasteiger partial charge in [0.15, 0.2) is 6.29 Å². The molecule has 0 heterocycles. The van der Waals surface area contributed by atoms with Crippen molar-refractivity contribution >= 4 is 27.8 Å². The molecule has 7 nitrogen and oxygen atoms in total. The largest absolute Gasteiger partial charge is 0.744 e. The summed E-state index contributed by atoms with van der Waals surface area (Å²) in [6, 6.07) is 9.04. The van der Waals surface area contributed by atoms with Crippen LogP contribution in [0.4, 0.5) is 11.4 Å². The van der Waals surface area contributed by atoms with Crippen molar-refractivity contribution in [1.29, 1.82) is 0 Å². The predicted octanol–water partition coefficient (Wildman–Crippen LogP) is 2.52. The molecule has 0 fully saturated rings. The van der Waals surface area contributed by atoms with Crippen LogP contribution in [0.25, 0.3) is 0 Å². The van der Waals surface area contributed by atoms with Crippen LogP contribution in [-0.4, -0.2) is 24.4 Å². The van der Waals surface area contributed by atoms with E-state index >= 15 is 0 Å². The second kappa shape index (κ2) is 5.81. The van der Waals surface area contributed by atoms with Crippen molar-refractivity contribution in [2.75, 3.05) is 0 Å². The number of nitrogens with zero attached hydrogens (tertiary/aromatic N) is 2. The van der Waals surface area contributed by atoms with Crippen LogP contribution in [-0.2, 0) is 10.1 Å². The number of rotatable bonds is 4. The highest BCUT2D eigenvalue weighted by atomic mass is 32.2. The van der Waals surface area contributed by atoms with E-state index in [0.29, 0.717) is 17.7 Å². The second-order valence-corrected chi connectivity index (χ2v) is 5.39. The molecule has 0 bridgehead atoms. The Kier molecular flexibility index (Phi) is 4.10. The average Bonchev–Trinajstić information content (AvgIpc) is 2.46. The minimum atomic E-state index is -4.49. The predicted molar refractivity (Wildman–Crippen MR) is 72.1 cm³/mol. The van der Waals surface area contributed by atoms with E-state index in [1.54, 1.807) is 0 Å². The first-order valence-corrected chi connectivity index (χ1v) is 7.07. The lowest BCUT2D eigenvalue weighted by Gasteiger charge is -2.05. The monoisotopic (exact) mass is 305 g/mol. The van der Waals surface area contributed by atoms with Gasteiger partial charge in [-0.3, -0.25) is 4.79 Å². The number of benzene rings is 2. The average molecular weight is 305 g/mol. The summed E-state index contributed by atoms with van der Waals surface area (Å²) < 4.78 is 32.3. The van der Waals surface area contributed by atoms with Gasteiger partial charge in [-0.25, -0.2) is 8.42 Å². The molecular formula is C13H9N2O5S-. The third kappa shape index (κ3) is 3.71. The van der Waals surface area contributed by atoms with Crippen molar-refractivity contribution in [3.05, 3.63) is 48.0 Å². The van der Waals surface area contributed by atoms with Gasteiger partial charge in [-0.05, 0) is 42.5 Å². The van der Waals surface area contributed by atoms with Gasteiger partial charge in [0.25, 0.3) is 0 Å². The number of phenols is 1. The zero-order valence-electron chi connectivity index (χ0n) is 10.5. The zero-order chi connectivity index (χ0) is 15.5. The van der Waals surface area contributed by atoms with Gasteiger partial charge in [-0.1, -0.05) is 0 Å². The van der Waals surface area contributed by atoms with Crippen molar-refractivity contribution in [3.63, 3.8) is 0 Å². The Morgan fingerprint density at radius 3 is 2.14 bits per heavy atom. The van der Waals surface area contributed by atoms with Gasteiger partial charge >= 0.3 is 0 Å². The number of aromatic hydroxyl groups is 1. The van der Waals surface area contributed by atoms with Gasteiger partial charge in [0, 0.05) is 0 Å². The highest BCUT2D eigenvalue weighted by molar-refractivity contribution is 7.85. The van der Waals surface area contributed by atoms with Gasteiger partial charge in [0.2, 0.25) is 0 Å². The smallest absolute Gasteiger partial charge is 0.153 e. The summed E-state index contributed by atoms with van der Waals surface area (Å²) in [4.78, 5) is 10.3. The van der Waals surface area contributed by atoms with Crippen LogP contribution in [0.1, 0.15) is 10.4 Å². The number of phenolic OH excluding ortho intramolecular Hbond substituents is 1. The zero-order valence-corrected chi connectivity index (χ0v) is 11.3. The van der Waals surface area contributed by atoms with Crippen LogP contribution in [0.5, 0.6) is 5.75 Å². The summed E-state index contributed by atoms with van der Waals surface area (Å²) in [7, 11) is -4.49. The molecule has 2 rings (SSSR count). The Balaban J connectivity index is 2.23. The Hall–Kier alpha value is -2.58. The molecule has 0 saturated carbocycles. The molecule has 0 aliphatic heterocycles. The Bertz CT molecular complexity index is 798. The lowest BCUT2D eigenvalue weighted by Crippen LogP contribution is -1.97. The number of carbonyl (C=O) groups is 1. The standard InChI is InChI=1S/C13H10N2O5S/c16-8-9-7-11(3-6-13(9)17)15-14-10-1-4-12(5-2-10)21(18,19)20/h1-8,17H,(H,18,19,20)/p-1. The Morgan fingerprint density at radius 2 is 1.57 bits per heavy atom. The number of carbonyl (C=O) groups excluding carboxylic acids is 1. The van der Waals surface area contributed by atoms with E-state index in [2.05, 4.69) is 10.2 Å². The van der Waals surface area contributed by atoms with Crippen LogP contribution in [0.2, 0.25) is 0 Å². The first-order valence-electron chi connectivity index (χ1n) is 5.66. The summed E-state index contributed by atoms with van der Waals surface area (Å²) in [5, 5.41) is 17.0. The first-order chi connectivity index (χ1) is 9.90. The highest BCUT2D eigenvalue weighted by Gasteiger charge is 2.02. The van der Waals surface area contributed by atoms with Crippen LogP contribution in [0.3, 0.4) is 0 Å². The molecule has 0 unspecified atom stereocenters. The van der Waals surface area contributed by atoms with Crippen molar-refractivity contribution < 1.29 is 22.9 Å². The lowest BCUT2D eigenvalue weighted by molar-refractivity contribution is 0.112. The van der Waals surface area contributed by atoms with Crippen molar-refractivity contribution in [2.24, 2.45) is 10.2 Å². The summed E-state index contributed by atoms with van der Waals surface area (Å²) in [5.74, 6) is -0.158. The topological polar surface area (TPSA) is 119 Å². The molecular weight excluding hydrogens is 296 g/mol. The molecule has 0 aliphatic carbocycles. The molecule has 0 atom stereocenters. The van der Waals surface area contributed by atoms with E-state index in [-0.39, 0.29) is 16.2 Å². The fourth-order valence-electron chi connectivity index (χ4n) is 1.49. The molecule has 2 aromatic carbocycles. The molecule has 0 aliphatic rings. The fraction of sp³-hybridized carbons (Fsp3) is 0. The number of hydrogen-bond donors (Lipinski definition) is 1. The third-order valence-corrected chi connectivity index (χ3v) is 3.39.